The second-order valence-corrected chi connectivity index (χ2v) is 11.4. The summed E-state index contributed by atoms with van der Waals surface area (Å²) in [4.78, 5) is 28.8. The molecule has 0 bridgehead atoms. The molecule has 3 aromatic carbocycles. The van der Waals surface area contributed by atoms with Crippen molar-refractivity contribution >= 4 is 27.5 Å². The third kappa shape index (κ3) is 8.54. The number of anilines is 1. The fraction of sp³-hybridized carbons (Fsp3) is 0.310. The lowest BCUT2D eigenvalue weighted by Gasteiger charge is -2.34. The van der Waals surface area contributed by atoms with E-state index in [0.29, 0.717) is 11.3 Å². The average Bonchev–Trinajstić information content (AvgIpc) is 2.89. The van der Waals surface area contributed by atoms with Crippen LogP contribution in [0.25, 0.3) is 0 Å². The van der Waals surface area contributed by atoms with Crippen LogP contribution in [-0.2, 0) is 32.6 Å². The summed E-state index contributed by atoms with van der Waals surface area (Å²) in [6.45, 7) is 3.06. The Morgan fingerprint density at radius 3 is 2.21 bits per heavy atom. The van der Waals surface area contributed by atoms with Crippen LogP contribution in [0, 0.1) is 5.82 Å². The van der Waals surface area contributed by atoms with Gasteiger partial charge in [0.15, 0.2) is 0 Å². The van der Waals surface area contributed by atoms with Crippen LogP contribution in [0.4, 0.5) is 10.1 Å². The van der Waals surface area contributed by atoms with Crippen LogP contribution in [-0.4, -0.2) is 57.1 Å². The maximum absolute atomic E-state index is 14.0. The van der Waals surface area contributed by atoms with Gasteiger partial charge in [-0.1, -0.05) is 48.5 Å². The van der Waals surface area contributed by atoms with Crippen molar-refractivity contribution in [1.82, 2.24) is 10.2 Å². The lowest BCUT2D eigenvalue weighted by Crippen LogP contribution is -2.54. The fourth-order valence-electron chi connectivity index (χ4n) is 4.10. The first-order valence-corrected chi connectivity index (χ1v) is 14.3. The number of methoxy groups -OCH3 is 1. The molecule has 3 aromatic rings. The molecule has 1 N–H and O–H groups in total. The van der Waals surface area contributed by atoms with Gasteiger partial charge in [0.1, 0.15) is 24.2 Å². The number of halogens is 1. The van der Waals surface area contributed by atoms with Gasteiger partial charge in [-0.05, 0) is 49.2 Å². The number of nitrogens with zero attached hydrogens (tertiary/aromatic N) is 2. The zero-order chi connectivity index (χ0) is 28.6. The van der Waals surface area contributed by atoms with Gasteiger partial charge in [0.25, 0.3) is 0 Å². The molecule has 10 heteroatoms. The van der Waals surface area contributed by atoms with E-state index in [0.717, 1.165) is 16.1 Å². The number of hydrogen-bond acceptors (Lipinski definition) is 5. The summed E-state index contributed by atoms with van der Waals surface area (Å²) in [5.74, 6) is -0.977. The van der Waals surface area contributed by atoms with Crippen molar-refractivity contribution in [3.05, 3.63) is 95.8 Å². The Labute approximate surface area is 229 Å². The van der Waals surface area contributed by atoms with Gasteiger partial charge >= 0.3 is 0 Å². The van der Waals surface area contributed by atoms with Crippen molar-refractivity contribution < 1.29 is 27.1 Å². The third-order valence-corrected chi connectivity index (χ3v) is 7.13. The molecule has 0 aliphatic heterocycles. The van der Waals surface area contributed by atoms with Crippen LogP contribution < -0.4 is 14.4 Å². The maximum Gasteiger partial charge on any atom is 0.244 e. The summed E-state index contributed by atoms with van der Waals surface area (Å²) < 4.78 is 45.5. The van der Waals surface area contributed by atoms with Gasteiger partial charge < -0.3 is 15.0 Å². The second kappa shape index (κ2) is 13.2. The number of benzene rings is 3. The van der Waals surface area contributed by atoms with Crippen LogP contribution in [0.15, 0.2) is 78.9 Å². The summed E-state index contributed by atoms with van der Waals surface area (Å²) in [5.41, 5.74) is 1.66. The highest BCUT2D eigenvalue weighted by Gasteiger charge is 2.33. The molecule has 1 atom stereocenters. The van der Waals surface area contributed by atoms with E-state index in [2.05, 4.69) is 5.32 Å². The molecule has 0 radical (unpaired) electrons. The van der Waals surface area contributed by atoms with E-state index < -0.39 is 34.3 Å². The zero-order valence-corrected chi connectivity index (χ0v) is 23.3. The molecular formula is C29H34FN3O5S. The van der Waals surface area contributed by atoms with Crippen molar-refractivity contribution in [1.29, 1.82) is 0 Å². The highest BCUT2D eigenvalue weighted by molar-refractivity contribution is 7.92. The molecule has 39 heavy (non-hydrogen) atoms. The molecule has 0 spiro atoms. The number of sulfonamides is 1. The van der Waals surface area contributed by atoms with Gasteiger partial charge in [-0.25, -0.2) is 12.8 Å². The number of amides is 2. The first kappa shape index (κ1) is 29.6. The molecule has 3 rings (SSSR count). The molecule has 0 aromatic heterocycles. The van der Waals surface area contributed by atoms with Gasteiger partial charge in [0, 0.05) is 25.1 Å². The van der Waals surface area contributed by atoms with Crippen LogP contribution in [0.3, 0.4) is 0 Å². The van der Waals surface area contributed by atoms with Gasteiger partial charge in [-0.2, -0.15) is 0 Å². The van der Waals surface area contributed by atoms with Gasteiger partial charge in [-0.15, -0.1) is 0 Å². The Morgan fingerprint density at radius 2 is 1.62 bits per heavy atom. The molecule has 0 saturated heterocycles. The predicted octanol–water partition coefficient (Wildman–Crippen LogP) is 3.77. The van der Waals surface area contributed by atoms with E-state index in [1.165, 1.54) is 42.3 Å². The molecule has 0 aliphatic carbocycles. The van der Waals surface area contributed by atoms with Crippen molar-refractivity contribution in [3.8, 4) is 5.75 Å². The lowest BCUT2D eigenvalue weighted by molar-refractivity contribution is -0.140. The number of carbonyl (C=O) groups excluding carboxylic acids is 2. The van der Waals surface area contributed by atoms with Gasteiger partial charge in [-0.3, -0.25) is 13.9 Å². The minimum Gasteiger partial charge on any atom is -0.497 e. The Hall–Kier alpha value is -3.92. The quantitative estimate of drug-likeness (QED) is 0.367. The Morgan fingerprint density at radius 1 is 0.949 bits per heavy atom. The minimum atomic E-state index is -3.89. The minimum absolute atomic E-state index is 0.0299. The van der Waals surface area contributed by atoms with Crippen LogP contribution >= 0.6 is 0 Å². The van der Waals surface area contributed by atoms with Crippen molar-refractivity contribution in [2.24, 2.45) is 0 Å². The van der Waals surface area contributed by atoms with Crippen LogP contribution in [0.2, 0.25) is 0 Å². The summed E-state index contributed by atoms with van der Waals surface area (Å²) in [7, 11) is -2.43. The second-order valence-electron chi connectivity index (χ2n) is 9.49. The molecule has 0 fully saturated rings. The highest BCUT2D eigenvalue weighted by Crippen LogP contribution is 2.24. The number of hydrogen-bond donors (Lipinski definition) is 1. The highest BCUT2D eigenvalue weighted by atomic mass is 32.2. The number of rotatable bonds is 12. The van der Waals surface area contributed by atoms with E-state index in [1.807, 2.05) is 44.2 Å². The molecule has 2 amide bonds. The fourth-order valence-corrected chi connectivity index (χ4v) is 4.94. The topological polar surface area (TPSA) is 96.0 Å². The Bertz CT molecular complexity index is 1370. The zero-order valence-electron chi connectivity index (χ0n) is 22.5. The molecule has 8 nitrogen and oxygen atoms in total. The molecule has 1 unspecified atom stereocenters. The van der Waals surface area contributed by atoms with E-state index in [4.69, 9.17) is 4.74 Å². The SMILES string of the molecule is COc1cccc(N(CC(=O)N(Cc2ccc(F)cc2)C(Cc2ccccc2)C(=O)NC(C)C)S(C)(=O)=O)c1. The number of ether oxygens (including phenoxy) is 1. The summed E-state index contributed by atoms with van der Waals surface area (Å²) >= 11 is 0. The van der Waals surface area contributed by atoms with Crippen molar-refractivity contribution in [2.75, 3.05) is 24.2 Å². The average molecular weight is 556 g/mol. The summed E-state index contributed by atoms with van der Waals surface area (Å²) in [5, 5.41) is 2.88. The van der Waals surface area contributed by atoms with E-state index in [9.17, 15) is 22.4 Å². The van der Waals surface area contributed by atoms with Crippen molar-refractivity contribution in [2.45, 2.75) is 38.9 Å². The normalized spacial score (nSPS) is 12.1. The molecular weight excluding hydrogens is 521 g/mol. The monoisotopic (exact) mass is 555 g/mol. The summed E-state index contributed by atoms with van der Waals surface area (Å²) in [6, 6.07) is 20.1. The number of carbonyl (C=O) groups is 2. The number of nitrogens with one attached hydrogen (secondary N) is 1. The van der Waals surface area contributed by atoms with Crippen LogP contribution in [0.5, 0.6) is 5.75 Å². The molecule has 0 aliphatic rings. The van der Waals surface area contributed by atoms with E-state index >= 15 is 0 Å². The predicted molar refractivity (Wildman–Crippen MR) is 149 cm³/mol. The Kier molecular flexibility index (Phi) is 10.1. The van der Waals surface area contributed by atoms with Crippen molar-refractivity contribution in [3.63, 3.8) is 0 Å². The first-order chi connectivity index (χ1) is 18.5. The first-order valence-electron chi connectivity index (χ1n) is 12.5. The standard InChI is InChI=1S/C29H34FN3O5S/c1-21(2)31-29(35)27(17-22-9-6-5-7-10-22)32(19-23-13-15-24(30)16-14-23)28(34)20-33(39(4,36)37)25-11-8-12-26(18-25)38-3/h5-16,18,21,27H,17,19-20H2,1-4H3,(H,31,35). The van der Waals surface area contributed by atoms with Gasteiger partial charge in [0.2, 0.25) is 21.8 Å². The maximum atomic E-state index is 14.0. The molecule has 0 heterocycles. The Balaban J connectivity index is 2.05. The lowest BCUT2D eigenvalue weighted by atomic mass is 10.0. The summed E-state index contributed by atoms with van der Waals surface area (Å²) in [6.07, 6.45) is 1.21. The molecule has 0 saturated carbocycles. The third-order valence-electron chi connectivity index (χ3n) is 5.99. The van der Waals surface area contributed by atoms with E-state index in [1.54, 1.807) is 18.2 Å². The van der Waals surface area contributed by atoms with Crippen LogP contribution in [0.1, 0.15) is 25.0 Å². The largest absolute Gasteiger partial charge is 0.497 e. The smallest absolute Gasteiger partial charge is 0.244 e. The van der Waals surface area contributed by atoms with E-state index in [-0.39, 0.29) is 30.6 Å². The van der Waals surface area contributed by atoms with Gasteiger partial charge in [0.05, 0.1) is 19.1 Å². The molecule has 208 valence electrons.